The van der Waals surface area contributed by atoms with Crippen LogP contribution in [0.1, 0.15) is 35.5 Å². The van der Waals surface area contributed by atoms with Gasteiger partial charge in [-0.1, -0.05) is 38.6 Å². The number of Topliss-reactive ketones (excluding diaryl/α,β-unsaturated/α-hetero) is 1. The van der Waals surface area contributed by atoms with E-state index in [9.17, 15) is 14.7 Å². The van der Waals surface area contributed by atoms with E-state index in [4.69, 9.17) is 9.47 Å². The van der Waals surface area contributed by atoms with E-state index in [1.54, 1.807) is 42.5 Å². The third-order valence-corrected chi connectivity index (χ3v) is 7.32. The minimum atomic E-state index is -0.877. The molecule has 0 amide bonds. The number of carbonyl (C=O) groups is 2. The molecule has 2 aliphatic heterocycles. The number of para-hydroxylation sites is 1. The second kappa shape index (κ2) is 9.32. The van der Waals surface area contributed by atoms with Crippen LogP contribution in [0.15, 0.2) is 78.5 Å². The van der Waals surface area contributed by atoms with Crippen molar-refractivity contribution in [1.29, 1.82) is 0 Å². The van der Waals surface area contributed by atoms with E-state index in [-0.39, 0.29) is 24.1 Å². The number of fused-ring (bicyclic) bond motifs is 5. The first-order valence-corrected chi connectivity index (χ1v) is 12.3. The van der Waals surface area contributed by atoms with Gasteiger partial charge < -0.3 is 24.5 Å². The number of ketones is 1. The molecule has 3 aromatic rings. The zero-order valence-corrected chi connectivity index (χ0v) is 21.2. The summed E-state index contributed by atoms with van der Waals surface area (Å²) >= 11 is 0. The number of esters is 1. The number of nitrogens with zero attached hydrogens (tertiary/aromatic N) is 1. The van der Waals surface area contributed by atoms with Crippen molar-refractivity contribution >= 4 is 22.7 Å². The van der Waals surface area contributed by atoms with Gasteiger partial charge in [0, 0.05) is 29.2 Å². The second-order valence-electron chi connectivity index (χ2n) is 9.63. The predicted molar refractivity (Wildman–Crippen MR) is 142 cm³/mol. The number of benzene rings is 2. The molecule has 7 heteroatoms. The van der Waals surface area contributed by atoms with E-state index in [1.165, 1.54) is 7.11 Å². The molecule has 190 valence electrons. The number of hydrogen-bond acceptors (Lipinski definition) is 6. The Bertz CT molecular complexity index is 1480. The largest absolute Gasteiger partial charge is 0.508 e. The summed E-state index contributed by atoms with van der Waals surface area (Å²) in [5.41, 5.74) is 3.11. The van der Waals surface area contributed by atoms with Gasteiger partial charge in [-0.25, -0.2) is 4.79 Å². The Morgan fingerprint density at radius 3 is 2.76 bits per heavy atom. The molecule has 0 saturated carbocycles. The lowest BCUT2D eigenvalue weighted by Crippen LogP contribution is -2.56. The van der Waals surface area contributed by atoms with Gasteiger partial charge in [0.05, 0.1) is 23.9 Å². The van der Waals surface area contributed by atoms with Gasteiger partial charge in [0.1, 0.15) is 23.6 Å². The first-order valence-electron chi connectivity index (χ1n) is 12.3. The van der Waals surface area contributed by atoms with E-state index in [0.717, 1.165) is 22.2 Å². The molecule has 3 heterocycles. The number of nitrogens with one attached hydrogen (secondary N) is 1. The summed E-state index contributed by atoms with van der Waals surface area (Å²) < 4.78 is 11.0. The zero-order valence-electron chi connectivity index (χ0n) is 21.2. The topological polar surface area (TPSA) is 91.9 Å². The van der Waals surface area contributed by atoms with Crippen molar-refractivity contribution in [2.24, 2.45) is 5.92 Å². The zero-order chi connectivity index (χ0) is 26.3. The van der Waals surface area contributed by atoms with Crippen LogP contribution in [0.25, 0.3) is 10.9 Å². The highest BCUT2D eigenvalue weighted by atomic mass is 16.5. The number of methoxy groups -OCH3 is 1. The molecular formula is C30H30N2O5. The molecule has 1 aromatic heterocycles. The number of allylic oxidation sites excluding steroid dienone is 2. The quantitative estimate of drug-likeness (QED) is 0.270. The van der Waals surface area contributed by atoms with Crippen LogP contribution in [-0.4, -0.2) is 47.0 Å². The molecule has 5 rings (SSSR count). The molecule has 1 atom stereocenters. The van der Waals surface area contributed by atoms with Gasteiger partial charge in [-0.15, -0.1) is 0 Å². The van der Waals surface area contributed by atoms with Crippen molar-refractivity contribution in [3.05, 3.63) is 95.4 Å². The van der Waals surface area contributed by atoms with Crippen LogP contribution < -0.4 is 4.74 Å². The highest BCUT2D eigenvalue weighted by Gasteiger charge is 2.53. The minimum Gasteiger partial charge on any atom is -0.508 e. The van der Waals surface area contributed by atoms with E-state index in [1.807, 2.05) is 18.3 Å². The fourth-order valence-electron chi connectivity index (χ4n) is 5.76. The van der Waals surface area contributed by atoms with E-state index in [2.05, 4.69) is 30.3 Å². The van der Waals surface area contributed by atoms with Crippen molar-refractivity contribution in [2.75, 3.05) is 20.3 Å². The Balaban J connectivity index is 1.69. The fourth-order valence-corrected chi connectivity index (χ4v) is 5.76. The average molecular weight is 499 g/mol. The first kappa shape index (κ1) is 24.4. The highest BCUT2D eigenvalue weighted by molar-refractivity contribution is 6.13. The number of rotatable bonds is 7. The molecule has 0 saturated heterocycles. The van der Waals surface area contributed by atoms with Crippen LogP contribution in [-0.2, 0) is 21.5 Å². The summed E-state index contributed by atoms with van der Waals surface area (Å²) in [7, 11) is 1.35. The van der Waals surface area contributed by atoms with Crippen molar-refractivity contribution in [3.8, 4) is 11.5 Å². The molecule has 0 bridgehead atoms. The molecule has 0 fully saturated rings. The monoisotopic (exact) mass is 498 g/mol. The van der Waals surface area contributed by atoms with Gasteiger partial charge in [-0.3, -0.25) is 4.79 Å². The lowest BCUT2D eigenvalue weighted by Gasteiger charge is -2.51. The van der Waals surface area contributed by atoms with Gasteiger partial charge in [0.25, 0.3) is 0 Å². The molecule has 7 nitrogen and oxygen atoms in total. The van der Waals surface area contributed by atoms with Crippen LogP contribution in [0, 0.1) is 5.92 Å². The van der Waals surface area contributed by atoms with E-state index < -0.39 is 11.5 Å². The number of phenolic OH excluding ortho intramolecular Hbond substituents is 1. The number of ether oxygens (including phenoxy) is 2. The number of aromatic hydroxyl groups is 1. The molecule has 2 N–H and O–H groups in total. The second-order valence-corrected chi connectivity index (χ2v) is 9.63. The Kier molecular flexibility index (Phi) is 6.15. The summed E-state index contributed by atoms with van der Waals surface area (Å²) in [6, 6.07) is 12.3. The maximum Gasteiger partial charge on any atom is 0.336 e. The molecule has 0 aliphatic carbocycles. The standard InChI is InChI=1S/C30H30N2O5/c1-5-14-37-26-9-7-6-8-22(26)27(34)19-15-24(29(35)36-4)30(18(2)3)28-21(12-13-32(30)17-19)23-16-20(33)10-11-25(23)31-28/h5-11,15-18,31,33H,1,12-14H2,2-4H3. The summed E-state index contributed by atoms with van der Waals surface area (Å²) in [4.78, 5) is 32.8. The molecule has 0 radical (unpaired) electrons. The van der Waals surface area contributed by atoms with E-state index >= 15 is 0 Å². The molecule has 1 unspecified atom stereocenters. The van der Waals surface area contributed by atoms with Crippen LogP contribution in [0.2, 0.25) is 0 Å². The van der Waals surface area contributed by atoms with Gasteiger partial charge in [-0.2, -0.15) is 0 Å². The van der Waals surface area contributed by atoms with Crippen LogP contribution in [0.5, 0.6) is 11.5 Å². The summed E-state index contributed by atoms with van der Waals surface area (Å²) in [6.07, 6.45) is 5.81. The van der Waals surface area contributed by atoms with Crippen LogP contribution in [0.3, 0.4) is 0 Å². The van der Waals surface area contributed by atoms with Crippen molar-refractivity contribution in [1.82, 2.24) is 9.88 Å². The molecule has 37 heavy (non-hydrogen) atoms. The number of aromatic amines is 1. The first-order chi connectivity index (χ1) is 17.8. The number of hydrogen-bond donors (Lipinski definition) is 2. The average Bonchev–Trinajstić information content (AvgIpc) is 3.28. The van der Waals surface area contributed by atoms with Crippen molar-refractivity contribution in [2.45, 2.75) is 25.8 Å². The molecular weight excluding hydrogens is 468 g/mol. The Morgan fingerprint density at radius 1 is 1.24 bits per heavy atom. The van der Waals surface area contributed by atoms with Gasteiger partial charge in [-0.05, 0) is 54.3 Å². The fraction of sp³-hybridized carbons (Fsp3) is 0.267. The maximum atomic E-state index is 13.8. The van der Waals surface area contributed by atoms with Gasteiger partial charge >= 0.3 is 5.97 Å². The lowest BCUT2D eigenvalue weighted by atomic mass is 9.69. The third-order valence-electron chi connectivity index (χ3n) is 7.32. The summed E-state index contributed by atoms with van der Waals surface area (Å²) in [5, 5.41) is 11.1. The molecule has 2 aliphatic rings. The number of H-pyrrole nitrogens is 1. The van der Waals surface area contributed by atoms with Crippen LogP contribution in [0.4, 0.5) is 0 Å². The normalized spacial score (nSPS) is 18.5. The minimum absolute atomic E-state index is 0.0605. The van der Waals surface area contributed by atoms with E-state index in [0.29, 0.717) is 35.4 Å². The van der Waals surface area contributed by atoms with Crippen molar-refractivity contribution in [3.63, 3.8) is 0 Å². The van der Waals surface area contributed by atoms with Crippen molar-refractivity contribution < 1.29 is 24.2 Å². The third kappa shape index (κ3) is 3.73. The molecule has 2 aromatic carbocycles. The number of phenols is 1. The highest BCUT2D eigenvalue weighted by Crippen LogP contribution is 2.51. The van der Waals surface area contributed by atoms with Gasteiger partial charge in [0.15, 0.2) is 5.78 Å². The van der Waals surface area contributed by atoms with Crippen LogP contribution >= 0.6 is 0 Å². The van der Waals surface area contributed by atoms with Gasteiger partial charge in [0.2, 0.25) is 0 Å². The summed E-state index contributed by atoms with van der Waals surface area (Å²) in [5.74, 6) is -0.158. The number of carbonyl (C=O) groups excluding carboxylic acids is 2. The Hall–Kier alpha value is -4.26. The number of aromatic nitrogens is 1. The Labute approximate surface area is 215 Å². The maximum absolute atomic E-state index is 13.8. The predicted octanol–water partition coefficient (Wildman–Crippen LogP) is 5.03. The smallest absolute Gasteiger partial charge is 0.336 e. The molecule has 0 spiro atoms. The summed E-state index contributed by atoms with van der Waals surface area (Å²) in [6.45, 7) is 8.64. The lowest BCUT2D eigenvalue weighted by molar-refractivity contribution is -0.138. The SMILES string of the molecule is C=CCOc1ccccc1C(=O)C1=CN2CCc3c([nH]c4ccc(O)cc34)C2(C(C)C)C(C(=O)OC)=C1. The Morgan fingerprint density at radius 2 is 2.03 bits per heavy atom.